The van der Waals surface area contributed by atoms with Gasteiger partial charge in [0.05, 0.1) is 17.6 Å². The van der Waals surface area contributed by atoms with Crippen molar-refractivity contribution in [3.63, 3.8) is 0 Å². The standard InChI is InChI=1S/C17H23N5O/c1-3-7-22-17(4-6-19-22)16-11-18-10-15(20-16)9-14-5-8-21(12-14)13(2)23/h4,6,10-11,14H,3,5,7-9,12H2,1-2H3/t14-/m0/s1. The predicted molar refractivity (Wildman–Crippen MR) is 87.6 cm³/mol. The minimum Gasteiger partial charge on any atom is -0.343 e. The van der Waals surface area contributed by atoms with E-state index in [2.05, 4.69) is 17.0 Å². The van der Waals surface area contributed by atoms with Crippen molar-refractivity contribution in [2.75, 3.05) is 13.1 Å². The molecule has 0 bridgehead atoms. The van der Waals surface area contributed by atoms with Gasteiger partial charge >= 0.3 is 0 Å². The van der Waals surface area contributed by atoms with Crippen LogP contribution in [0.1, 0.15) is 32.4 Å². The molecule has 2 aromatic rings. The van der Waals surface area contributed by atoms with E-state index in [-0.39, 0.29) is 5.91 Å². The number of rotatable bonds is 5. The molecule has 3 heterocycles. The highest BCUT2D eigenvalue weighted by atomic mass is 16.2. The zero-order valence-electron chi connectivity index (χ0n) is 13.8. The molecule has 6 nitrogen and oxygen atoms in total. The number of likely N-dealkylation sites (tertiary alicyclic amines) is 1. The normalized spacial score (nSPS) is 17.7. The van der Waals surface area contributed by atoms with Crippen molar-refractivity contribution in [1.82, 2.24) is 24.6 Å². The average molecular weight is 313 g/mol. The van der Waals surface area contributed by atoms with Crippen LogP contribution in [-0.2, 0) is 17.8 Å². The molecule has 0 saturated carbocycles. The van der Waals surface area contributed by atoms with Gasteiger partial charge in [-0.2, -0.15) is 5.10 Å². The summed E-state index contributed by atoms with van der Waals surface area (Å²) in [4.78, 5) is 22.5. The zero-order chi connectivity index (χ0) is 16.2. The van der Waals surface area contributed by atoms with Crippen molar-refractivity contribution in [3.05, 3.63) is 30.4 Å². The van der Waals surface area contributed by atoms with Crippen molar-refractivity contribution < 1.29 is 4.79 Å². The van der Waals surface area contributed by atoms with Gasteiger partial charge in [-0.3, -0.25) is 14.5 Å². The van der Waals surface area contributed by atoms with Crippen LogP contribution >= 0.6 is 0 Å². The number of hydrogen-bond acceptors (Lipinski definition) is 4. The molecular formula is C17H23N5O. The van der Waals surface area contributed by atoms with Gasteiger partial charge in [-0.15, -0.1) is 0 Å². The van der Waals surface area contributed by atoms with E-state index < -0.39 is 0 Å². The molecule has 2 aromatic heterocycles. The maximum atomic E-state index is 11.4. The molecule has 1 saturated heterocycles. The molecule has 122 valence electrons. The lowest BCUT2D eigenvalue weighted by molar-refractivity contribution is -0.127. The van der Waals surface area contributed by atoms with Crippen molar-refractivity contribution in [2.45, 2.75) is 39.7 Å². The van der Waals surface area contributed by atoms with E-state index in [1.807, 2.05) is 21.8 Å². The first-order valence-corrected chi connectivity index (χ1v) is 8.26. The Hall–Kier alpha value is -2.24. The summed E-state index contributed by atoms with van der Waals surface area (Å²) in [7, 11) is 0. The molecule has 1 fully saturated rings. The molecule has 3 rings (SSSR count). The summed E-state index contributed by atoms with van der Waals surface area (Å²) in [5, 5.41) is 4.35. The van der Waals surface area contributed by atoms with Gasteiger partial charge in [0, 0.05) is 39.0 Å². The summed E-state index contributed by atoms with van der Waals surface area (Å²) in [6, 6.07) is 1.98. The summed E-state index contributed by atoms with van der Waals surface area (Å²) in [5.74, 6) is 0.639. The van der Waals surface area contributed by atoms with E-state index in [1.165, 1.54) is 0 Å². The molecule has 1 aliphatic heterocycles. The van der Waals surface area contributed by atoms with Crippen LogP contribution in [0.2, 0.25) is 0 Å². The third kappa shape index (κ3) is 3.57. The predicted octanol–water partition coefficient (Wildman–Crippen LogP) is 2.16. The van der Waals surface area contributed by atoms with Gasteiger partial charge in [-0.25, -0.2) is 4.98 Å². The Labute approximate surface area is 136 Å². The summed E-state index contributed by atoms with van der Waals surface area (Å²) in [6.45, 7) is 6.34. The van der Waals surface area contributed by atoms with Crippen molar-refractivity contribution in [1.29, 1.82) is 0 Å². The van der Waals surface area contributed by atoms with Crippen LogP contribution in [0, 0.1) is 5.92 Å². The van der Waals surface area contributed by atoms with Gasteiger partial charge in [0.1, 0.15) is 5.69 Å². The second-order valence-corrected chi connectivity index (χ2v) is 6.16. The lowest BCUT2D eigenvalue weighted by Crippen LogP contribution is -2.26. The lowest BCUT2D eigenvalue weighted by Gasteiger charge is -2.14. The van der Waals surface area contributed by atoms with E-state index in [0.29, 0.717) is 5.92 Å². The average Bonchev–Trinajstić information content (AvgIpc) is 3.17. The number of carbonyl (C=O) groups is 1. The molecule has 23 heavy (non-hydrogen) atoms. The van der Waals surface area contributed by atoms with Gasteiger partial charge < -0.3 is 4.90 Å². The van der Waals surface area contributed by atoms with E-state index in [0.717, 1.165) is 56.0 Å². The zero-order valence-corrected chi connectivity index (χ0v) is 13.8. The Kier molecular flexibility index (Phi) is 4.69. The van der Waals surface area contributed by atoms with Crippen LogP contribution in [0.25, 0.3) is 11.4 Å². The Bertz CT molecular complexity index is 681. The van der Waals surface area contributed by atoms with Crippen LogP contribution in [0.3, 0.4) is 0 Å². The molecule has 0 N–H and O–H groups in total. The van der Waals surface area contributed by atoms with Gasteiger partial charge in [0.2, 0.25) is 5.91 Å². The number of aryl methyl sites for hydroxylation is 1. The number of nitrogens with zero attached hydrogens (tertiary/aromatic N) is 5. The minimum atomic E-state index is 0.163. The quantitative estimate of drug-likeness (QED) is 0.848. The van der Waals surface area contributed by atoms with E-state index >= 15 is 0 Å². The number of aromatic nitrogens is 4. The first kappa shape index (κ1) is 15.6. The molecule has 0 aromatic carbocycles. The highest BCUT2D eigenvalue weighted by Crippen LogP contribution is 2.22. The van der Waals surface area contributed by atoms with Crippen LogP contribution in [0.5, 0.6) is 0 Å². The lowest BCUT2D eigenvalue weighted by atomic mass is 10.0. The Morgan fingerprint density at radius 1 is 1.39 bits per heavy atom. The molecule has 6 heteroatoms. The maximum Gasteiger partial charge on any atom is 0.219 e. The van der Waals surface area contributed by atoms with Crippen LogP contribution in [0.15, 0.2) is 24.7 Å². The van der Waals surface area contributed by atoms with E-state index in [4.69, 9.17) is 4.98 Å². The third-order valence-corrected chi connectivity index (χ3v) is 4.33. The Balaban J connectivity index is 1.73. The first-order chi connectivity index (χ1) is 11.2. The largest absolute Gasteiger partial charge is 0.343 e. The summed E-state index contributed by atoms with van der Waals surface area (Å²) in [6.07, 6.45) is 8.38. The molecule has 0 radical (unpaired) electrons. The van der Waals surface area contributed by atoms with Crippen LogP contribution < -0.4 is 0 Å². The van der Waals surface area contributed by atoms with Crippen LogP contribution in [-0.4, -0.2) is 43.6 Å². The fourth-order valence-corrected chi connectivity index (χ4v) is 3.15. The highest BCUT2D eigenvalue weighted by Gasteiger charge is 2.24. The summed E-state index contributed by atoms with van der Waals surface area (Å²) < 4.78 is 1.97. The number of hydrogen-bond donors (Lipinski definition) is 0. The minimum absolute atomic E-state index is 0.163. The van der Waals surface area contributed by atoms with E-state index in [1.54, 1.807) is 19.3 Å². The molecule has 1 aliphatic rings. The fourth-order valence-electron chi connectivity index (χ4n) is 3.15. The first-order valence-electron chi connectivity index (χ1n) is 8.26. The third-order valence-electron chi connectivity index (χ3n) is 4.33. The van der Waals surface area contributed by atoms with Gasteiger partial charge in [-0.05, 0) is 31.2 Å². The van der Waals surface area contributed by atoms with Gasteiger partial charge in [-0.1, -0.05) is 6.92 Å². The Morgan fingerprint density at radius 2 is 2.26 bits per heavy atom. The van der Waals surface area contributed by atoms with Crippen LogP contribution in [0.4, 0.5) is 0 Å². The van der Waals surface area contributed by atoms with Gasteiger partial charge in [0.15, 0.2) is 0 Å². The molecular weight excluding hydrogens is 290 g/mol. The smallest absolute Gasteiger partial charge is 0.219 e. The monoisotopic (exact) mass is 313 g/mol. The second-order valence-electron chi connectivity index (χ2n) is 6.16. The topological polar surface area (TPSA) is 63.9 Å². The highest BCUT2D eigenvalue weighted by molar-refractivity contribution is 5.73. The maximum absolute atomic E-state index is 11.4. The summed E-state index contributed by atoms with van der Waals surface area (Å²) >= 11 is 0. The Morgan fingerprint density at radius 3 is 3.00 bits per heavy atom. The van der Waals surface area contributed by atoms with Crippen molar-refractivity contribution in [2.24, 2.45) is 5.92 Å². The van der Waals surface area contributed by atoms with E-state index in [9.17, 15) is 4.79 Å². The molecule has 1 amide bonds. The van der Waals surface area contributed by atoms with Gasteiger partial charge in [0.25, 0.3) is 0 Å². The van der Waals surface area contributed by atoms with Crippen molar-refractivity contribution in [3.8, 4) is 11.4 Å². The molecule has 0 spiro atoms. The number of carbonyl (C=O) groups excluding carboxylic acids is 1. The second kappa shape index (κ2) is 6.89. The molecule has 0 aliphatic carbocycles. The van der Waals surface area contributed by atoms with Crippen molar-refractivity contribution >= 4 is 5.91 Å². The molecule has 1 atom stereocenters. The summed E-state index contributed by atoms with van der Waals surface area (Å²) in [5.41, 5.74) is 2.87. The number of amides is 1. The fraction of sp³-hybridized carbons (Fsp3) is 0.529. The molecule has 0 unspecified atom stereocenters. The SMILES string of the molecule is CCCn1nccc1-c1cncc(C[C@@H]2CCN(C(C)=O)C2)n1.